The number of nitro groups is 1. The van der Waals surface area contributed by atoms with Crippen LogP contribution in [-0.4, -0.2) is 23.8 Å². The highest BCUT2D eigenvalue weighted by molar-refractivity contribution is 6.05. The van der Waals surface area contributed by atoms with Crippen molar-refractivity contribution in [2.75, 3.05) is 7.05 Å². The molecule has 0 atom stereocenters. The van der Waals surface area contributed by atoms with E-state index in [0.29, 0.717) is 11.1 Å². The predicted octanol–water partition coefficient (Wildman–Crippen LogP) is 3.41. The number of carbonyl (C=O) groups is 2. The second-order valence-corrected chi connectivity index (χ2v) is 7.27. The van der Waals surface area contributed by atoms with Crippen LogP contribution in [0.5, 0.6) is 0 Å². The second kappa shape index (κ2) is 8.47. The van der Waals surface area contributed by atoms with Crippen LogP contribution in [0.2, 0.25) is 0 Å². The summed E-state index contributed by atoms with van der Waals surface area (Å²) >= 11 is 0. The van der Waals surface area contributed by atoms with Gasteiger partial charge in [-0.1, -0.05) is 45.0 Å². The molecule has 0 bridgehead atoms. The summed E-state index contributed by atoms with van der Waals surface area (Å²) in [6.07, 6.45) is 1.40. The van der Waals surface area contributed by atoms with E-state index in [1.54, 1.807) is 18.2 Å². The molecule has 0 aromatic heterocycles. The first-order valence-electron chi connectivity index (χ1n) is 8.72. The summed E-state index contributed by atoms with van der Waals surface area (Å²) in [6, 6.07) is 12.9. The molecule has 7 heteroatoms. The largest absolute Gasteiger partial charge is 0.354 e. The van der Waals surface area contributed by atoms with Crippen molar-refractivity contribution in [2.24, 2.45) is 0 Å². The highest BCUT2D eigenvalue weighted by Crippen LogP contribution is 2.22. The van der Waals surface area contributed by atoms with Crippen LogP contribution in [0, 0.1) is 10.1 Å². The number of likely N-dealkylation sites (N-methyl/N-ethyl adjacent to an activating group) is 1. The maximum Gasteiger partial charge on any atom is 0.270 e. The zero-order valence-electron chi connectivity index (χ0n) is 16.3. The van der Waals surface area contributed by atoms with E-state index in [2.05, 4.69) is 31.4 Å². The molecule has 2 aromatic carbocycles. The van der Waals surface area contributed by atoms with Crippen LogP contribution in [-0.2, 0) is 10.2 Å². The normalized spacial score (nSPS) is 11.6. The summed E-state index contributed by atoms with van der Waals surface area (Å²) in [6.45, 7) is 6.23. The molecule has 7 nitrogen and oxygen atoms in total. The van der Waals surface area contributed by atoms with Gasteiger partial charge >= 0.3 is 0 Å². The van der Waals surface area contributed by atoms with E-state index in [1.807, 2.05) is 12.1 Å². The SMILES string of the molecule is CNC(=O)/C(=C\c1cccc([N+](=O)[O-])c1)NC(=O)c1ccc(C(C)(C)C)cc1. The third-order valence-electron chi connectivity index (χ3n) is 4.13. The lowest BCUT2D eigenvalue weighted by atomic mass is 9.87. The van der Waals surface area contributed by atoms with Gasteiger partial charge in [-0.3, -0.25) is 19.7 Å². The lowest BCUT2D eigenvalue weighted by Gasteiger charge is -2.19. The molecule has 0 aliphatic carbocycles. The van der Waals surface area contributed by atoms with Crippen LogP contribution < -0.4 is 10.6 Å². The standard InChI is InChI=1S/C21H23N3O4/c1-21(2,3)16-10-8-15(9-11-16)19(25)23-18(20(26)22-4)13-14-6-5-7-17(12-14)24(27)28/h5-13H,1-4H3,(H,22,26)(H,23,25)/b18-13+. The summed E-state index contributed by atoms with van der Waals surface area (Å²) in [5, 5.41) is 16.0. The molecule has 2 rings (SSSR count). The number of nitro benzene ring substituents is 1. The Hall–Kier alpha value is -3.48. The van der Waals surface area contributed by atoms with Gasteiger partial charge in [0.2, 0.25) is 0 Å². The summed E-state index contributed by atoms with van der Waals surface area (Å²) < 4.78 is 0. The molecule has 2 amide bonds. The minimum absolute atomic E-state index is 0.00658. The summed E-state index contributed by atoms with van der Waals surface area (Å²) in [7, 11) is 1.44. The lowest BCUT2D eigenvalue weighted by Crippen LogP contribution is -2.33. The molecule has 146 valence electrons. The molecule has 2 N–H and O–H groups in total. The van der Waals surface area contributed by atoms with Gasteiger partial charge in [-0.2, -0.15) is 0 Å². The van der Waals surface area contributed by atoms with Gasteiger partial charge in [-0.05, 0) is 34.8 Å². The fourth-order valence-corrected chi connectivity index (χ4v) is 2.50. The van der Waals surface area contributed by atoms with Gasteiger partial charge in [0.05, 0.1) is 4.92 Å². The first kappa shape index (κ1) is 20.8. The Morgan fingerprint density at radius 3 is 2.25 bits per heavy atom. The van der Waals surface area contributed by atoms with Crippen LogP contribution in [0.25, 0.3) is 6.08 Å². The van der Waals surface area contributed by atoms with Crippen molar-refractivity contribution in [1.29, 1.82) is 0 Å². The molecule has 0 heterocycles. The van der Waals surface area contributed by atoms with Gasteiger partial charge < -0.3 is 10.6 Å². The first-order valence-corrected chi connectivity index (χ1v) is 8.72. The van der Waals surface area contributed by atoms with Crippen molar-refractivity contribution in [3.8, 4) is 0 Å². The monoisotopic (exact) mass is 381 g/mol. The summed E-state index contributed by atoms with van der Waals surface area (Å²) in [5.74, 6) is -0.952. The third-order valence-corrected chi connectivity index (χ3v) is 4.13. The molecular formula is C21H23N3O4. The maximum absolute atomic E-state index is 12.6. The Balaban J connectivity index is 2.29. The van der Waals surface area contributed by atoms with E-state index in [4.69, 9.17) is 0 Å². The number of non-ortho nitro benzene ring substituents is 1. The topological polar surface area (TPSA) is 101 Å². The van der Waals surface area contributed by atoms with Gasteiger partial charge in [-0.15, -0.1) is 0 Å². The zero-order chi connectivity index (χ0) is 20.9. The van der Waals surface area contributed by atoms with E-state index in [-0.39, 0.29) is 16.8 Å². The summed E-state index contributed by atoms with van der Waals surface area (Å²) in [4.78, 5) is 35.1. The van der Waals surface area contributed by atoms with Crippen molar-refractivity contribution in [2.45, 2.75) is 26.2 Å². The first-order chi connectivity index (χ1) is 13.1. The van der Waals surface area contributed by atoms with E-state index >= 15 is 0 Å². The minimum atomic E-state index is -0.522. The Morgan fingerprint density at radius 2 is 1.71 bits per heavy atom. The molecule has 0 saturated carbocycles. The number of amides is 2. The van der Waals surface area contributed by atoms with Gasteiger partial charge in [0.1, 0.15) is 5.70 Å². The highest BCUT2D eigenvalue weighted by atomic mass is 16.6. The Kier molecular flexibility index (Phi) is 6.30. The number of nitrogens with one attached hydrogen (secondary N) is 2. The van der Waals surface area contributed by atoms with Gasteiger partial charge in [0, 0.05) is 24.7 Å². The predicted molar refractivity (Wildman–Crippen MR) is 108 cm³/mol. The van der Waals surface area contributed by atoms with Gasteiger partial charge in [0.25, 0.3) is 17.5 Å². The Morgan fingerprint density at radius 1 is 1.07 bits per heavy atom. The van der Waals surface area contributed by atoms with Crippen molar-refractivity contribution in [3.63, 3.8) is 0 Å². The van der Waals surface area contributed by atoms with Gasteiger partial charge in [0.15, 0.2) is 0 Å². The van der Waals surface area contributed by atoms with Crippen molar-refractivity contribution in [1.82, 2.24) is 10.6 Å². The van der Waals surface area contributed by atoms with Crippen molar-refractivity contribution in [3.05, 3.63) is 81.0 Å². The van der Waals surface area contributed by atoms with E-state index in [0.717, 1.165) is 5.56 Å². The third kappa shape index (κ3) is 5.26. The molecular weight excluding hydrogens is 358 g/mol. The molecule has 0 unspecified atom stereocenters. The second-order valence-electron chi connectivity index (χ2n) is 7.27. The highest BCUT2D eigenvalue weighted by Gasteiger charge is 2.17. The average molecular weight is 381 g/mol. The number of benzene rings is 2. The molecule has 0 spiro atoms. The molecule has 28 heavy (non-hydrogen) atoms. The number of hydrogen-bond donors (Lipinski definition) is 2. The fraction of sp³-hybridized carbons (Fsp3) is 0.238. The molecule has 0 radical (unpaired) electrons. The van der Waals surface area contributed by atoms with E-state index < -0.39 is 16.7 Å². The fourth-order valence-electron chi connectivity index (χ4n) is 2.50. The molecule has 2 aromatic rings. The van der Waals surface area contributed by atoms with E-state index in [1.165, 1.54) is 31.3 Å². The quantitative estimate of drug-likeness (QED) is 0.471. The average Bonchev–Trinajstić information content (AvgIpc) is 2.66. The number of carbonyl (C=O) groups excluding carboxylic acids is 2. The van der Waals surface area contributed by atoms with Crippen molar-refractivity contribution < 1.29 is 14.5 Å². The molecule has 0 saturated heterocycles. The van der Waals surface area contributed by atoms with Crippen LogP contribution >= 0.6 is 0 Å². The smallest absolute Gasteiger partial charge is 0.270 e. The molecule has 0 aliphatic heterocycles. The molecule has 0 aliphatic rings. The maximum atomic E-state index is 12.6. The number of nitrogens with zero attached hydrogens (tertiary/aromatic N) is 1. The number of rotatable bonds is 5. The minimum Gasteiger partial charge on any atom is -0.354 e. The van der Waals surface area contributed by atoms with Crippen molar-refractivity contribution >= 4 is 23.6 Å². The lowest BCUT2D eigenvalue weighted by molar-refractivity contribution is -0.384. The summed E-state index contributed by atoms with van der Waals surface area (Å²) in [5.41, 5.74) is 1.77. The zero-order valence-corrected chi connectivity index (χ0v) is 16.3. The van der Waals surface area contributed by atoms with Crippen LogP contribution in [0.1, 0.15) is 42.3 Å². The van der Waals surface area contributed by atoms with Gasteiger partial charge in [-0.25, -0.2) is 0 Å². The Bertz CT molecular complexity index is 925. The molecule has 0 fully saturated rings. The van der Waals surface area contributed by atoms with Crippen LogP contribution in [0.3, 0.4) is 0 Å². The number of hydrogen-bond acceptors (Lipinski definition) is 4. The Labute approximate surface area is 163 Å². The van der Waals surface area contributed by atoms with E-state index in [9.17, 15) is 19.7 Å². The van der Waals surface area contributed by atoms with Crippen LogP contribution in [0.15, 0.2) is 54.2 Å². The van der Waals surface area contributed by atoms with Crippen LogP contribution in [0.4, 0.5) is 5.69 Å².